The Hall–Kier alpha value is -3.79. The summed E-state index contributed by atoms with van der Waals surface area (Å²) in [5.74, 6) is -2.31. The molecule has 28 heavy (non-hydrogen) atoms. The summed E-state index contributed by atoms with van der Waals surface area (Å²) in [4.78, 5) is 24.5. The van der Waals surface area contributed by atoms with E-state index in [9.17, 15) is 14.9 Å². The summed E-state index contributed by atoms with van der Waals surface area (Å²) in [7, 11) is 2.45. The van der Waals surface area contributed by atoms with E-state index in [4.69, 9.17) is 15.2 Å². The maximum absolute atomic E-state index is 12.7. The molecule has 0 aromatic heterocycles. The maximum atomic E-state index is 12.7. The fourth-order valence-electron chi connectivity index (χ4n) is 3.30. The van der Waals surface area contributed by atoms with E-state index in [0.29, 0.717) is 5.56 Å². The molecule has 0 amide bonds. The highest BCUT2D eigenvalue weighted by molar-refractivity contribution is 5.96. The first-order chi connectivity index (χ1) is 13.5. The molecule has 7 heteroatoms. The number of nitriles is 1. The van der Waals surface area contributed by atoms with Crippen molar-refractivity contribution in [2.45, 2.75) is 12.3 Å². The molecule has 3 rings (SSSR count). The number of ether oxygens (including phenoxy) is 3. The normalized spacial score (nSPS) is 16.4. The van der Waals surface area contributed by atoms with Crippen LogP contribution in [0.3, 0.4) is 0 Å². The van der Waals surface area contributed by atoms with E-state index < -0.39 is 17.9 Å². The summed E-state index contributed by atoms with van der Waals surface area (Å²) < 4.78 is 15.1. The first-order valence-corrected chi connectivity index (χ1v) is 8.45. The summed E-state index contributed by atoms with van der Waals surface area (Å²) in [6.45, 7) is 0. The van der Waals surface area contributed by atoms with Crippen LogP contribution in [0, 0.1) is 11.3 Å². The van der Waals surface area contributed by atoms with Gasteiger partial charge in [0.15, 0.2) is 0 Å². The van der Waals surface area contributed by atoms with Crippen LogP contribution in [-0.4, -0.2) is 26.2 Å². The third-order valence-electron chi connectivity index (χ3n) is 4.57. The number of benzene rings is 2. The number of hydrogen-bond donors (Lipinski definition) is 1. The number of carbonyl (C=O) groups is 2. The zero-order chi connectivity index (χ0) is 20.3. The molecule has 0 fully saturated rings. The molecule has 1 aliphatic heterocycles. The average molecular weight is 378 g/mol. The van der Waals surface area contributed by atoms with Crippen molar-refractivity contribution < 1.29 is 23.8 Å². The largest absolute Gasteiger partial charge is 0.469 e. The Morgan fingerprint density at radius 1 is 1.14 bits per heavy atom. The molecular weight excluding hydrogens is 360 g/mol. The molecule has 1 atom stereocenters. The van der Waals surface area contributed by atoms with Crippen molar-refractivity contribution in [3.63, 3.8) is 0 Å². The third kappa shape index (κ3) is 3.28. The minimum absolute atomic E-state index is 0.00753. The highest BCUT2D eigenvalue weighted by Gasteiger charge is 2.38. The number of fused-ring (bicyclic) bond motifs is 1. The predicted octanol–water partition coefficient (Wildman–Crippen LogP) is 2.64. The van der Waals surface area contributed by atoms with E-state index in [0.717, 1.165) is 10.8 Å². The molecule has 0 aliphatic carbocycles. The molecule has 0 bridgehead atoms. The van der Waals surface area contributed by atoms with Crippen LogP contribution in [0.4, 0.5) is 0 Å². The van der Waals surface area contributed by atoms with E-state index in [1.807, 2.05) is 48.5 Å². The van der Waals surface area contributed by atoms with Crippen LogP contribution in [-0.2, 0) is 23.8 Å². The highest BCUT2D eigenvalue weighted by atomic mass is 16.5. The van der Waals surface area contributed by atoms with Gasteiger partial charge >= 0.3 is 11.9 Å². The fourth-order valence-corrected chi connectivity index (χ4v) is 3.30. The van der Waals surface area contributed by atoms with Crippen LogP contribution in [0.25, 0.3) is 10.8 Å². The summed E-state index contributed by atoms with van der Waals surface area (Å²) in [6.07, 6.45) is -0.318. The molecule has 1 aliphatic rings. The Labute approximate surface area is 161 Å². The number of nitrogens with two attached hydrogens (primary N) is 1. The van der Waals surface area contributed by atoms with Crippen molar-refractivity contribution in [2.75, 3.05) is 14.2 Å². The molecule has 2 N–H and O–H groups in total. The standard InChI is InChI=1S/C21H18N2O5/c1-26-17(24)10-16-19(21(25)27-2)18(15(11-22)20(23)28-16)14-9-5-7-12-6-3-4-8-13(12)14/h3-9,18H,10,23H2,1-2H3/t18-/m1/s1. The number of methoxy groups -OCH3 is 2. The second-order valence-electron chi connectivity index (χ2n) is 6.07. The maximum Gasteiger partial charge on any atom is 0.338 e. The SMILES string of the molecule is COC(=O)CC1=C(C(=O)OC)[C@H](c2cccc3ccccc23)C(C#N)=C(N)O1. The van der Waals surface area contributed by atoms with Gasteiger partial charge in [-0.05, 0) is 16.3 Å². The lowest BCUT2D eigenvalue weighted by molar-refractivity contribution is -0.140. The Morgan fingerprint density at radius 3 is 2.54 bits per heavy atom. The van der Waals surface area contributed by atoms with E-state index in [1.54, 1.807) is 0 Å². The molecule has 7 nitrogen and oxygen atoms in total. The molecule has 0 saturated heterocycles. The van der Waals surface area contributed by atoms with Crippen molar-refractivity contribution in [1.82, 2.24) is 0 Å². The van der Waals surface area contributed by atoms with Crippen LogP contribution < -0.4 is 5.73 Å². The van der Waals surface area contributed by atoms with Gasteiger partial charge in [-0.2, -0.15) is 5.26 Å². The molecule has 2 aromatic rings. The summed E-state index contributed by atoms with van der Waals surface area (Å²) in [5, 5.41) is 11.5. The Kier molecular flexibility index (Phi) is 5.32. The van der Waals surface area contributed by atoms with E-state index >= 15 is 0 Å². The van der Waals surface area contributed by atoms with Gasteiger partial charge in [-0.15, -0.1) is 0 Å². The first-order valence-electron chi connectivity index (χ1n) is 8.45. The van der Waals surface area contributed by atoms with Gasteiger partial charge in [0.2, 0.25) is 5.88 Å². The number of esters is 2. The Morgan fingerprint density at radius 2 is 1.86 bits per heavy atom. The highest BCUT2D eigenvalue weighted by Crippen LogP contribution is 2.42. The van der Waals surface area contributed by atoms with Gasteiger partial charge < -0.3 is 19.9 Å². The molecule has 0 saturated carbocycles. The quantitative estimate of drug-likeness (QED) is 0.814. The number of nitrogens with zero attached hydrogens (tertiary/aromatic N) is 1. The molecule has 0 radical (unpaired) electrons. The molecule has 0 unspecified atom stereocenters. The predicted molar refractivity (Wildman–Crippen MR) is 100 cm³/mol. The van der Waals surface area contributed by atoms with Gasteiger partial charge in [-0.1, -0.05) is 42.5 Å². The summed E-state index contributed by atoms with van der Waals surface area (Å²) in [6, 6.07) is 15.2. The minimum atomic E-state index is -0.836. The van der Waals surface area contributed by atoms with Gasteiger partial charge in [0.1, 0.15) is 23.8 Å². The number of hydrogen-bond acceptors (Lipinski definition) is 7. The molecule has 1 heterocycles. The van der Waals surface area contributed by atoms with Crippen molar-refractivity contribution in [1.29, 1.82) is 5.26 Å². The number of rotatable bonds is 4. The first kappa shape index (κ1) is 19.0. The minimum Gasteiger partial charge on any atom is -0.469 e. The van der Waals surface area contributed by atoms with Crippen molar-refractivity contribution in [2.24, 2.45) is 5.73 Å². The monoisotopic (exact) mass is 378 g/mol. The molecule has 0 spiro atoms. The van der Waals surface area contributed by atoms with Gasteiger partial charge in [-0.3, -0.25) is 4.79 Å². The lowest BCUT2D eigenvalue weighted by atomic mass is 9.80. The Bertz CT molecular complexity index is 1060. The van der Waals surface area contributed by atoms with E-state index in [2.05, 4.69) is 4.74 Å². The van der Waals surface area contributed by atoms with Crippen LogP contribution in [0.15, 0.2) is 65.3 Å². The fraction of sp³-hybridized carbons (Fsp3) is 0.190. The summed E-state index contributed by atoms with van der Waals surface area (Å²) in [5.41, 5.74) is 6.78. The van der Waals surface area contributed by atoms with E-state index in [1.165, 1.54) is 14.2 Å². The third-order valence-corrected chi connectivity index (χ3v) is 4.57. The van der Waals surface area contributed by atoms with Crippen LogP contribution >= 0.6 is 0 Å². The van der Waals surface area contributed by atoms with Gasteiger partial charge in [0.25, 0.3) is 0 Å². The smallest absolute Gasteiger partial charge is 0.338 e. The van der Waals surface area contributed by atoms with Crippen molar-refractivity contribution in [3.05, 3.63) is 70.8 Å². The van der Waals surface area contributed by atoms with Crippen LogP contribution in [0.5, 0.6) is 0 Å². The zero-order valence-corrected chi connectivity index (χ0v) is 15.4. The van der Waals surface area contributed by atoms with E-state index in [-0.39, 0.29) is 29.2 Å². The van der Waals surface area contributed by atoms with Crippen LogP contribution in [0.1, 0.15) is 17.9 Å². The Balaban J connectivity index is 2.31. The second-order valence-corrected chi connectivity index (χ2v) is 6.07. The zero-order valence-electron chi connectivity index (χ0n) is 15.4. The van der Waals surface area contributed by atoms with Crippen molar-refractivity contribution >= 4 is 22.7 Å². The van der Waals surface area contributed by atoms with Crippen LogP contribution in [0.2, 0.25) is 0 Å². The lowest BCUT2D eigenvalue weighted by Gasteiger charge is -2.28. The van der Waals surface area contributed by atoms with Gasteiger partial charge in [-0.25, -0.2) is 4.79 Å². The lowest BCUT2D eigenvalue weighted by Crippen LogP contribution is -2.27. The molecular formula is C21H18N2O5. The van der Waals surface area contributed by atoms with Gasteiger partial charge in [0, 0.05) is 0 Å². The number of allylic oxidation sites excluding steroid dienone is 1. The van der Waals surface area contributed by atoms with Gasteiger partial charge in [0.05, 0.1) is 25.7 Å². The summed E-state index contributed by atoms with van der Waals surface area (Å²) >= 11 is 0. The van der Waals surface area contributed by atoms with Crippen molar-refractivity contribution in [3.8, 4) is 6.07 Å². The topological polar surface area (TPSA) is 112 Å². The molecule has 2 aromatic carbocycles. The average Bonchev–Trinajstić information content (AvgIpc) is 2.72. The molecule has 142 valence electrons. The second kappa shape index (κ2) is 7.84. The number of carbonyl (C=O) groups excluding carboxylic acids is 2.